The molecule has 0 bridgehead atoms. The Bertz CT molecular complexity index is 515. The van der Waals surface area contributed by atoms with E-state index in [4.69, 9.17) is 9.57 Å². The van der Waals surface area contributed by atoms with E-state index in [0.717, 1.165) is 10.9 Å². The summed E-state index contributed by atoms with van der Waals surface area (Å²) in [6.45, 7) is 1.02. The van der Waals surface area contributed by atoms with Crippen LogP contribution in [0.1, 0.15) is 16.8 Å². The summed E-state index contributed by atoms with van der Waals surface area (Å²) in [6.07, 6.45) is 0.822. The van der Waals surface area contributed by atoms with E-state index in [1.54, 1.807) is 18.2 Å². The van der Waals surface area contributed by atoms with Crippen LogP contribution in [-0.4, -0.2) is 43.7 Å². The fraction of sp³-hybridized carbons (Fsp3) is 0.385. The first-order valence-electron chi connectivity index (χ1n) is 6.16. The largest absolute Gasteiger partial charge is 0.497 e. The van der Waals surface area contributed by atoms with Crippen LogP contribution in [-0.2, 0) is 9.63 Å². The number of hydroxylamine groups is 2. The Morgan fingerprint density at radius 1 is 1.45 bits per heavy atom. The Morgan fingerprint density at radius 3 is 2.90 bits per heavy atom. The summed E-state index contributed by atoms with van der Waals surface area (Å²) in [5, 5.41) is 3.85. The number of halogens is 1. The van der Waals surface area contributed by atoms with Crippen LogP contribution in [0, 0.1) is 0 Å². The van der Waals surface area contributed by atoms with Gasteiger partial charge in [-0.05, 0) is 24.6 Å². The van der Waals surface area contributed by atoms with Crippen molar-refractivity contribution in [2.45, 2.75) is 6.42 Å². The topological polar surface area (TPSA) is 67.9 Å². The first-order valence-corrected chi connectivity index (χ1v) is 6.95. The van der Waals surface area contributed by atoms with Gasteiger partial charge >= 0.3 is 0 Å². The van der Waals surface area contributed by atoms with E-state index in [1.807, 2.05) is 0 Å². The number of hydrogen-bond acceptors (Lipinski definition) is 4. The SMILES string of the molecule is COc1cc(Br)cc(C(=O)NCC(=O)N2CCCO2)c1. The van der Waals surface area contributed by atoms with E-state index < -0.39 is 0 Å². The molecular formula is C13H15BrN2O4. The van der Waals surface area contributed by atoms with E-state index in [1.165, 1.54) is 12.2 Å². The molecule has 0 radical (unpaired) electrons. The van der Waals surface area contributed by atoms with Gasteiger partial charge in [0.15, 0.2) is 0 Å². The third-order valence-electron chi connectivity index (χ3n) is 2.80. The van der Waals surface area contributed by atoms with E-state index in [0.29, 0.717) is 24.5 Å². The number of nitrogens with one attached hydrogen (secondary N) is 1. The van der Waals surface area contributed by atoms with Gasteiger partial charge in [-0.3, -0.25) is 14.4 Å². The standard InChI is InChI=1S/C13H15BrN2O4/c1-19-11-6-9(5-10(14)7-11)13(18)15-8-12(17)16-3-2-4-20-16/h5-7H,2-4,8H2,1H3,(H,15,18). The van der Waals surface area contributed by atoms with Crippen molar-refractivity contribution < 1.29 is 19.2 Å². The lowest BCUT2D eigenvalue weighted by molar-refractivity contribution is -0.167. The number of carbonyl (C=O) groups is 2. The van der Waals surface area contributed by atoms with E-state index in [9.17, 15) is 9.59 Å². The Balaban J connectivity index is 1.94. The number of methoxy groups -OCH3 is 1. The first kappa shape index (κ1) is 14.8. The molecule has 0 saturated carbocycles. The first-order chi connectivity index (χ1) is 9.60. The number of amides is 2. The molecule has 1 saturated heterocycles. The van der Waals surface area contributed by atoms with Gasteiger partial charge < -0.3 is 10.1 Å². The maximum atomic E-state index is 12.0. The van der Waals surface area contributed by atoms with Crippen LogP contribution in [0.15, 0.2) is 22.7 Å². The molecule has 1 aliphatic rings. The summed E-state index contributed by atoms with van der Waals surface area (Å²) in [5.41, 5.74) is 0.423. The van der Waals surface area contributed by atoms with Crippen molar-refractivity contribution in [2.24, 2.45) is 0 Å². The maximum Gasteiger partial charge on any atom is 0.265 e. The molecule has 0 unspecified atom stereocenters. The molecule has 1 aromatic rings. The molecule has 1 N–H and O–H groups in total. The Hall–Kier alpha value is -1.60. The van der Waals surface area contributed by atoms with Crippen LogP contribution in [0.3, 0.4) is 0 Å². The van der Waals surface area contributed by atoms with Gasteiger partial charge in [0.25, 0.3) is 11.8 Å². The van der Waals surface area contributed by atoms with Crippen molar-refractivity contribution >= 4 is 27.7 Å². The third kappa shape index (κ3) is 3.71. The lowest BCUT2D eigenvalue weighted by Crippen LogP contribution is -2.38. The Labute approximate surface area is 125 Å². The number of nitrogens with zero attached hydrogens (tertiary/aromatic N) is 1. The lowest BCUT2D eigenvalue weighted by Gasteiger charge is -2.14. The Morgan fingerprint density at radius 2 is 2.25 bits per heavy atom. The zero-order chi connectivity index (χ0) is 14.5. The highest BCUT2D eigenvalue weighted by atomic mass is 79.9. The van der Waals surface area contributed by atoms with Crippen molar-refractivity contribution in [1.29, 1.82) is 0 Å². The number of rotatable bonds is 4. The van der Waals surface area contributed by atoms with Crippen molar-refractivity contribution in [3.8, 4) is 5.75 Å². The van der Waals surface area contributed by atoms with Crippen molar-refractivity contribution in [3.05, 3.63) is 28.2 Å². The van der Waals surface area contributed by atoms with E-state index in [2.05, 4.69) is 21.2 Å². The molecule has 1 fully saturated rings. The summed E-state index contributed by atoms with van der Waals surface area (Å²) < 4.78 is 5.82. The molecule has 1 heterocycles. The highest BCUT2D eigenvalue weighted by Crippen LogP contribution is 2.21. The van der Waals surface area contributed by atoms with Crippen molar-refractivity contribution in [1.82, 2.24) is 10.4 Å². The van der Waals surface area contributed by atoms with Gasteiger partial charge in [0, 0.05) is 10.0 Å². The average molecular weight is 343 g/mol. The lowest BCUT2D eigenvalue weighted by atomic mass is 10.2. The van der Waals surface area contributed by atoms with Crippen LogP contribution in [0.25, 0.3) is 0 Å². The van der Waals surface area contributed by atoms with Crippen LogP contribution in [0.4, 0.5) is 0 Å². The normalized spacial score (nSPS) is 14.2. The van der Waals surface area contributed by atoms with E-state index >= 15 is 0 Å². The fourth-order valence-electron chi connectivity index (χ4n) is 1.80. The number of benzene rings is 1. The molecule has 7 heteroatoms. The third-order valence-corrected chi connectivity index (χ3v) is 3.26. The molecule has 0 atom stereocenters. The van der Waals surface area contributed by atoms with E-state index in [-0.39, 0.29) is 18.4 Å². The molecule has 1 aromatic carbocycles. The summed E-state index contributed by atoms with van der Waals surface area (Å²) in [6, 6.07) is 5.02. The predicted octanol–water partition coefficient (Wildman–Crippen LogP) is 1.35. The number of hydrogen-bond donors (Lipinski definition) is 1. The number of ether oxygens (including phenoxy) is 1. The van der Waals surface area contributed by atoms with Gasteiger partial charge in [-0.25, -0.2) is 5.06 Å². The molecule has 6 nitrogen and oxygen atoms in total. The van der Waals surface area contributed by atoms with Crippen LogP contribution < -0.4 is 10.1 Å². The number of carbonyl (C=O) groups excluding carboxylic acids is 2. The molecule has 1 aliphatic heterocycles. The zero-order valence-corrected chi connectivity index (χ0v) is 12.6. The summed E-state index contributed by atoms with van der Waals surface area (Å²) >= 11 is 3.30. The summed E-state index contributed by atoms with van der Waals surface area (Å²) in [7, 11) is 1.53. The fourth-order valence-corrected chi connectivity index (χ4v) is 2.27. The van der Waals surface area contributed by atoms with Gasteiger partial charge in [0.2, 0.25) is 0 Å². The second-order valence-corrected chi connectivity index (χ2v) is 5.16. The van der Waals surface area contributed by atoms with Gasteiger partial charge in [0.1, 0.15) is 5.75 Å². The molecular weight excluding hydrogens is 328 g/mol. The monoisotopic (exact) mass is 342 g/mol. The average Bonchev–Trinajstić information content (AvgIpc) is 2.97. The molecule has 2 rings (SSSR count). The minimum atomic E-state index is -0.336. The van der Waals surface area contributed by atoms with Gasteiger partial charge in [-0.15, -0.1) is 0 Å². The van der Waals surface area contributed by atoms with Gasteiger partial charge in [0.05, 0.1) is 26.8 Å². The van der Waals surface area contributed by atoms with Gasteiger partial charge in [-0.1, -0.05) is 15.9 Å². The summed E-state index contributed by atoms with van der Waals surface area (Å²) in [5.74, 6) is -0.0197. The minimum absolute atomic E-state index is 0.0896. The van der Waals surface area contributed by atoms with Gasteiger partial charge in [-0.2, -0.15) is 0 Å². The predicted molar refractivity (Wildman–Crippen MR) is 75.3 cm³/mol. The molecule has 0 spiro atoms. The van der Waals surface area contributed by atoms with Crippen LogP contribution in [0.5, 0.6) is 5.75 Å². The van der Waals surface area contributed by atoms with Crippen molar-refractivity contribution in [2.75, 3.05) is 26.8 Å². The molecule has 108 valence electrons. The second kappa shape index (κ2) is 6.71. The van der Waals surface area contributed by atoms with Crippen LogP contribution >= 0.6 is 15.9 Å². The molecule has 20 heavy (non-hydrogen) atoms. The quantitative estimate of drug-likeness (QED) is 0.896. The minimum Gasteiger partial charge on any atom is -0.497 e. The summed E-state index contributed by atoms with van der Waals surface area (Å²) in [4.78, 5) is 28.8. The molecule has 0 aliphatic carbocycles. The maximum absolute atomic E-state index is 12.0. The smallest absolute Gasteiger partial charge is 0.265 e. The molecule has 2 amide bonds. The zero-order valence-electron chi connectivity index (χ0n) is 11.0. The highest BCUT2D eigenvalue weighted by molar-refractivity contribution is 9.10. The highest BCUT2D eigenvalue weighted by Gasteiger charge is 2.20. The second-order valence-electron chi connectivity index (χ2n) is 4.25. The van der Waals surface area contributed by atoms with Crippen LogP contribution in [0.2, 0.25) is 0 Å². The van der Waals surface area contributed by atoms with Crippen molar-refractivity contribution in [3.63, 3.8) is 0 Å². The molecule has 0 aromatic heterocycles. The Kier molecular flexibility index (Phi) is 4.97.